The van der Waals surface area contributed by atoms with E-state index in [-0.39, 0.29) is 11.9 Å². The number of nitrogens with zero attached hydrogens (tertiary/aromatic N) is 2. The summed E-state index contributed by atoms with van der Waals surface area (Å²) in [6, 6.07) is 22.1. The Balaban J connectivity index is 1.49. The Kier molecular flexibility index (Phi) is 5.78. The SMILES string of the molecule is CCn1c(SCC(=O)N[C@@H](c2ccccc2)c2cccs2)nc2ccccc21. The van der Waals surface area contributed by atoms with Gasteiger partial charge in [-0.3, -0.25) is 4.79 Å². The van der Waals surface area contributed by atoms with Gasteiger partial charge in [0, 0.05) is 11.4 Å². The molecule has 4 rings (SSSR count). The molecule has 4 nitrogen and oxygen atoms in total. The van der Waals surface area contributed by atoms with E-state index in [1.807, 2.05) is 60.0 Å². The highest BCUT2D eigenvalue weighted by Crippen LogP contribution is 2.27. The fourth-order valence-corrected chi connectivity index (χ4v) is 4.91. The lowest BCUT2D eigenvalue weighted by Gasteiger charge is -2.18. The van der Waals surface area contributed by atoms with Crippen LogP contribution in [0.1, 0.15) is 23.4 Å². The summed E-state index contributed by atoms with van der Waals surface area (Å²) in [5, 5.41) is 6.11. The molecule has 2 aromatic carbocycles. The van der Waals surface area contributed by atoms with Crippen LogP contribution in [0.3, 0.4) is 0 Å². The molecule has 0 unspecified atom stereocenters. The molecular formula is C22H21N3OS2. The van der Waals surface area contributed by atoms with E-state index in [2.05, 4.69) is 28.9 Å². The Morgan fingerprint density at radius 2 is 1.89 bits per heavy atom. The van der Waals surface area contributed by atoms with Crippen molar-refractivity contribution in [2.45, 2.75) is 24.7 Å². The number of hydrogen-bond donors (Lipinski definition) is 1. The number of amides is 1. The molecular weight excluding hydrogens is 386 g/mol. The summed E-state index contributed by atoms with van der Waals surface area (Å²) >= 11 is 3.14. The van der Waals surface area contributed by atoms with Crippen LogP contribution < -0.4 is 5.32 Å². The molecule has 1 N–H and O–H groups in total. The number of fused-ring (bicyclic) bond motifs is 1. The van der Waals surface area contributed by atoms with Crippen LogP contribution in [0.2, 0.25) is 0 Å². The van der Waals surface area contributed by atoms with E-state index in [1.54, 1.807) is 11.3 Å². The number of imidazole rings is 1. The monoisotopic (exact) mass is 407 g/mol. The van der Waals surface area contributed by atoms with Crippen LogP contribution in [-0.4, -0.2) is 21.2 Å². The molecule has 0 saturated carbocycles. The van der Waals surface area contributed by atoms with E-state index in [0.29, 0.717) is 5.75 Å². The van der Waals surface area contributed by atoms with Crippen LogP contribution in [-0.2, 0) is 11.3 Å². The van der Waals surface area contributed by atoms with Gasteiger partial charge in [-0.2, -0.15) is 0 Å². The molecule has 1 amide bonds. The van der Waals surface area contributed by atoms with Crippen molar-refractivity contribution in [2.24, 2.45) is 0 Å². The summed E-state index contributed by atoms with van der Waals surface area (Å²) in [6.07, 6.45) is 0. The molecule has 4 aromatic rings. The average Bonchev–Trinajstić information content (AvgIpc) is 3.38. The Labute approximate surface area is 172 Å². The van der Waals surface area contributed by atoms with Crippen LogP contribution in [0.5, 0.6) is 0 Å². The summed E-state index contributed by atoms with van der Waals surface area (Å²) in [6.45, 7) is 2.92. The highest BCUT2D eigenvalue weighted by Gasteiger charge is 2.19. The van der Waals surface area contributed by atoms with Crippen LogP contribution in [0.25, 0.3) is 11.0 Å². The second-order valence-electron chi connectivity index (χ2n) is 6.34. The fraction of sp³-hybridized carbons (Fsp3) is 0.182. The van der Waals surface area contributed by atoms with Crippen LogP contribution >= 0.6 is 23.1 Å². The molecule has 2 heterocycles. The van der Waals surface area contributed by atoms with Gasteiger partial charge in [0.2, 0.25) is 5.91 Å². The van der Waals surface area contributed by atoms with E-state index >= 15 is 0 Å². The molecule has 6 heteroatoms. The highest BCUT2D eigenvalue weighted by atomic mass is 32.2. The second kappa shape index (κ2) is 8.63. The Bertz CT molecular complexity index is 1060. The van der Waals surface area contributed by atoms with Gasteiger partial charge in [0.15, 0.2) is 5.16 Å². The molecule has 0 aliphatic rings. The van der Waals surface area contributed by atoms with Crippen LogP contribution in [0, 0.1) is 0 Å². The van der Waals surface area contributed by atoms with Crippen molar-refractivity contribution in [1.29, 1.82) is 0 Å². The van der Waals surface area contributed by atoms with Crippen LogP contribution in [0.15, 0.2) is 77.3 Å². The smallest absolute Gasteiger partial charge is 0.231 e. The van der Waals surface area contributed by atoms with Crippen molar-refractivity contribution in [2.75, 3.05) is 5.75 Å². The predicted octanol–water partition coefficient (Wildman–Crippen LogP) is 5.12. The quantitative estimate of drug-likeness (QED) is 0.433. The third-order valence-corrected chi connectivity index (χ3v) is 6.45. The number of rotatable bonds is 7. The van der Waals surface area contributed by atoms with E-state index in [9.17, 15) is 4.79 Å². The van der Waals surface area contributed by atoms with Gasteiger partial charge in [-0.05, 0) is 36.1 Å². The lowest BCUT2D eigenvalue weighted by Crippen LogP contribution is -2.30. The predicted molar refractivity (Wildman–Crippen MR) is 117 cm³/mol. The van der Waals surface area contributed by atoms with Gasteiger partial charge in [0.05, 0.1) is 22.8 Å². The van der Waals surface area contributed by atoms with Gasteiger partial charge in [0.1, 0.15) is 0 Å². The summed E-state index contributed by atoms with van der Waals surface area (Å²) in [5.41, 5.74) is 3.16. The normalized spacial score (nSPS) is 12.2. The number of thioether (sulfide) groups is 1. The number of aromatic nitrogens is 2. The molecule has 0 saturated heterocycles. The van der Waals surface area contributed by atoms with Crippen molar-refractivity contribution in [1.82, 2.24) is 14.9 Å². The van der Waals surface area contributed by atoms with Gasteiger partial charge >= 0.3 is 0 Å². The second-order valence-corrected chi connectivity index (χ2v) is 8.26. The first-order chi connectivity index (χ1) is 13.8. The molecule has 142 valence electrons. The summed E-state index contributed by atoms with van der Waals surface area (Å²) in [5.74, 6) is 0.333. The van der Waals surface area contributed by atoms with Crippen molar-refractivity contribution in [3.8, 4) is 0 Å². The standard InChI is InChI=1S/C22H21N3OS2/c1-2-25-18-12-7-6-11-17(18)23-22(25)28-15-20(26)24-21(19-13-8-14-27-19)16-9-4-3-5-10-16/h3-14,21H,2,15H2,1H3,(H,24,26)/t21-/m0/s1. The molecule has 0 aliphatic carbocycles. The number of nitrogens with one attached hydrogen (secondary N) is 1. The minimum atomic E-state index is -0.126. The molecule has 28 heavy (non-hydrogen) atoms. The molecule has 0 aliphatic heterocycles. The molecule has 0 radical (unpaired) electrons. The first-order valence-electron chi connectivity index (χ1n) is 9.22. The topological polar surface area (TPSA) is 46.9 Å². The number of thiophene rings is 1. The summed E-state index contributed by atoms with van der Waals surface area (Å²) in [7, 11) is 0. The lowest BCUT2D eigenvalue weighted by molar-refractivity contribution is -0.119. The van der Waals surface area contributed by atoms with Crippen LogP contribution in [0.4, 0.5) is 0 Å². The third-order valence-electron chi connectivity index (χ3n) is 4.53. The minimum Gasteiger partial charge on any atom is -0.344 e. The van der Waals surface area contributed by atoms with Gasteiger partial charge in [-0.15, -0.1) is 11.3 Å². The maximum Gasteiger partial charge on any atom is 0.231 e. The fourth-order valence-electron chi connectivity index (χ4n) is 3.22. The largest absolute Gasteiger partial charge is 0.344 e. The summed E-state index contributed by atoms with van der Waals surface area (Å²) in [4.78, 5) is 18.6. The zero-order chi connectivity index (χ0) is 19.3. The van der Waals surface area contributed by atoms with Gasteiger partial charge in [0.25, 0.3) is 0 Å². The summed E-state index contributed by atoms with van der Waals surface area (Å²) < 4.78 is 2.15. The first kappa shape index (κ1) is 18.8. The number of benzene rings is 2. The molecule has 0 bridgehead atoms. The Morgan fingerprint density at radius 3 is 2.64 bits per heavy atom. The van der Waals surface area contributed by atoms with Gasteiger partial charge < -0.3 is 9.88 Å². The number of carbonyl (C=O) groups excluding carboxylic acids is 1. The van der Waals surface area contributed by atoms with Gasteiger partial charge in [-0.1, -0.05) is 60.3 Å². The lowest BCUT2D eigenvalue weighted by atomic mass is 10.1. The molecule has 1 atom stereocenters. The maximum absolute atomic E-state index is 12.7. The minimum absolute atomic E-state index is 0.00182. The Morgan fingerprint density at radius 1 is 1.11 bits per heavy atom. The molecule has 0 spiro atoms. The van der Waals surface area contributed by atoms with Crippen molar-refractivity contribution in [3.63, 3.8) is 0 Å². The van der Waals surface area contributed by atoms with Gasteiger partial charge in [-0.25, -0.2) is 4.98 Å². The molecule has 0 fully saturated rings. The van der Waals surface area contributed by atoms with Crippen molar-refractivity contribution < 1.29 is 4.79 Å². The van der Waals surface area contributed by atoms with Crippen molar-refractivity contribution in [3.05, 3.63) is 82.6 Å². The first-order valence-corrected chi connectivity index (χ1v) is 11.1. The number of aryl methyl sites for hydroxylation is 1. The highest BCUT2D eigenvalue weighted by molar-refractivity contribution is 7.99. The number of carbonyl (C=O) groups is 1. The average molecular weight is 408 g/mol. The number of hydrogen-bond acceptors (Lipinski definition) is 4. The van der Waals surface area contributed by atoms with E-state index < -0.39 is 0 Å². The van der Waals surface area contributed by atoms with Crippen molar-refractivity contribution >= 4 is 40.0 Å². The zero-order valence-electron chi connectivity index (χ0n) is 15.5. The maximum atomic E-state index is 12.7. The zero-order valence-corrected chi connectivity index (χ0v) is 17.2. The van der Waals surface area contributed by atoms with E-state index in [0.717, 1.165) is 33.2 Å². The molecule has 2 aromatic heterocycles. The van der Waals surface area contributed by atoms with E-state index in [1.165, 1.54) is 11.8 Å². The number of para-hydroxylation sites is 2. The third kappa shape index (κ3) is 3.98. The Hall–Kier alpha value is -2.57. The van der Waals surface area contributed by atoms with E-state index in [4.69, 9.17) is 4.98 Å².